The van der Waals surface area contributed by atoms with Crippen molar-refractivity contribution in [3.8, 4) is 6.07 Å². The highest BCUT2D eigenvalue weighted by Gasteiger charge is 2.30. The second-order valence-corrected chi connectivity index (χ2v) is 4.67. The highest BCUT2D eigenvalue weighted by atomic mass is 16.4. The Morgan fingerprint density at radius 1 is 1.29 bits per heavy atom. The van der Waals surface area contributed by atoms with Gasteiger partial charge in [-0.1, -0.05) is 41.1 Å². The van der Waals surface area contributed by atoms with E-state index in [1.807, 2.05) is 43.3 Å². The predicted octanol–water partition coefficient (Wildman–Crippen LogP) is 2.82. The van der Waals surface area contributed by atoms with Gasteiger partial charge in [0.1, 0.15) is 17.6 Å². The van der Waals surface area contributed by atoms with Gasteiger partial charge in [-0.25, -0.2) is 4.99 Å². The van der Waals surface area contributed by atoms with Gasteiger partial charge in [0.25, 0.3) is 0 Å². The topological polar surface area (TPSA) is 72.0 Å². The van der Waals surface area contributed by atoms with Crippen LogP contribution in [0.15, 0.2) is 64.5 Å². The van der Waals surface area contributed by atoms with Gasteiger partial charge >= 0.3 is 0 Å². The van der Waals surface area contributed by atoms with Gasteiger partial charge in [-0.05, 0) is 24.6 Å². The molecule has 2 aliphatic heterocycles. The summed E-state index contributed by atoms with van der Waals surface area (Å²) in [6.07, 6.45) is 7.18. The summed E-state index contributed by atoms with van der Waals surface area (Å²) >= 11 is 0. The molecule has 0 fully saturated rings. The number of benzene rings is 1. The van der Waals surface area contributed by atoms with E-state index >= 15 is 0 Å². The first-order chi connectivity index (χ1) is 10.2. The zero-order chi connectivity index (χ0) is 14.8. The van der Waals surface area contributed by atoms with Crippen molar-refractivity contribution >= 4 is 17.2 Å². The van der Waals surface area contributed by atoms with E-state index in [4.69, 9.17) is 0 Å². The summed E-state index contributed by atoms with van der Waals surface area (Å²) in [6.45, 7) is 1.98. The molecule has 2 aliphatic rings. The summed E-state index contributed by atoms with van der Waals surface area (Å²) in [4.78, 5) is 6.04. The normalized spacial score (nSPS) is 20.3. The maximum Gasteiger partial charge on any atom is 0.205 e. The minimum absolute atomic E-state index is 0.253. The lowest BCUT2D eigenvalue weighted by atomic mass is 10.0. The fourth-order valence-corrected chi connectivity index (χ4v) is 2.22. The summed E-state index contributed by atoms with van der Waals surface area (Å²) < 4.78 is 0. The highest BCUT2D eigenvalue weighted by molar-refractivity contribution is 6.22. The molecule has 21 heavy (non-hydrogen) atoms. The van der Waals surface area contributed by atoms with Crippen LogP contribution in [0.1, 0.15) is 11.1 Å². The zero-order valence-electron chi connectivity index (χ0n) is 11.4. The number of nitriles is 1. The molecule has 1 aromatic carbocycles. The van der Waals surface area contributed by atoms with Crippen LogP contribution >= 0.6 is 0 Å². The number of nitrogens with zero attached hydrogens (tertiary/aromatic N) is 4. The van der Waals surface area contributed by atoms with E-state index < -0.39 is 0 Å². The van der Waals surface area contributed by atoms with Crippen LogP contribution in [0.2, 0.25) is 0 Å². The molecular formula is C16H12N4O. The first-order valence-electron chi connectivity index (χ1n) is 6.41. The number of aliphatic imine (C=N–C) groups is 1. The second-order valence-electron chi connectivity index (χ2n) is 4.67. The van der Waals surface area contributed by atoms with Crippen LogP contribution in [0.5, 0.6) is 0 Å². The largest absolute Gasteiger partial charge is 0.409 e. The number of hydrogen-bond donors (Lipinski definition) is 1. The molecule has 0 saturated heterocycles. The Bertz CT molecular complexity index is 773. The molecule has 1 N–H and O–H groups in total. The summed E-state index contributed by atoms with van der Waals surface area (Å²) in [5.41, 5.74) is 2.61. The Labute approximate surface area is 122 Å². The molecule has 0 radical (unpaired) electrons. The summed E-state index contributed by atoms with van der Waals surface area (Å²) in [7, 11) is 0. The van der Waals surface area contributed by atoms with Crippen molar-refractivity contribution in [3.63, 3.8) is 0 Å². The van der Waals surface area contributed by atoms with Crippen molar-refractivity contribution in [3.05, 3.63) is 65.5 Å². The lowest BCUT2D eigenvalue weighted by molar-refractivity contribution is 0.314. The smallest absolute Gasteiger partial charge is 0.205 e. The first-order valence-corrected chi connectivity index (χ1v) is 6.41. The molecule has 3 rings (SSSR count). The number of oxime groups is 1. The quantitative estimate of drug-likeness (QED) is 0.487. The van der Waals surface area contributed by atoms with Crippen LogP contribution in [0.25, 0.3) is 5.57 Å². The average molecular weight is 276 g/mol. The number of rotatable bonds is 1. The van der Waals surface area contributed by atoms with Crippen molar-refractivity contribution in [1.82, 2.24) is 4.90 Å². The fraction of sp³-hybridized carbons (Fsp3) is 0.0625. The molecule has 5 heteroatoms. The number of amidine groups is 2. The summed E-state index contributed by atoms with van der Waals surface area (Å²) in [6, 6.07) is 9.74. The highest BCUT2D eigenvalue weighted by Crippen LogP contribution is 2.27. The average Bonchev–Trinajstić information content (AvgIpc) is 2.88. The van der Waals surface area contributed by atoms with E-state index in [1.54, 1.807) is 17.2 Å². The van der Waals surface area contributed by atoms with Gasteiger partial charge in [-0.15, -0.1) is 0 Å². The molecular weight excluding hydrogens is 264 g/mol. The molecule has 0 aromatic heterocycles. The van der Waals surface area contributed by atoms with E-state index in [0.717, 1.165) is 11.1 Å². The van der Waals surface area contributed by atoms with Gasteiger partial charge < -0.3 is 5.21 Å². The lowest BCUT2D eigenvalue weighted by Crippen LogP contribution is -2.27. The van der Waals surface area contributed by atoms with Gasteiger partial charge in [0.15, 0.2) is 0 Å². The molecule has 102 valence electrons. The number of fused-ring (bicyclic) bond motifs is 1. The third kappa shape index (κ3) is 2.13. The molecule has 0 amide bonds. The molecule has 0 unspecified atom stereocenters. The van der Waals surface area contributed by atoms with Gasteiger partial charge in [-0.2, -0.15) is 5.26 Å². The van der Waals surface area contributed by atoms with Gasteiger partial charge in [0.2, 0.25) is 5.84 Å². The van der Waals surface area contributed by atoms with E-state index in [0.29, 0.717) is 17.1 Å². The SMILES string of the molecule is Cc1ccc(/C(C#N)=C2\N=C3C=CC=CN3\C2=N\O)cc1. The Kier molecular flexibility index (Phi) is 3.13. The molecule has 0 saturated carbocycles. The van der Waals surface area contributed by atoms with E-state index in [-0.39, 0.29) is 5.84 Å². The van der Waals surface area contributed by atoms with Crippen molar-refractivity contribution < 1.29 is 5.21 Å². The monoisotopic (exact) mass is 276 g/mol. The van der Waals surface area contributed by atoms with Gasteiger partial charge in [-0.3, -0.25) is 4.90 Å². The Morgan fingerprint density at radius 3 is 2.71 bits per heavy atom. The third-order valence-corrected chi connectivity index (χ3v) is 3.29. The summed E-state index contributed by atoms with van der Waals surface area (Å²) in [5, 5.41) is 22.1. The minimum atomic E-state index is 0.253. The summed E-state index contributed by atoms with van der Waals surface area (Å²) in [5.74, 6) is 0.878. The lowest BCUT2D eigenvalue weighted by Gasteiger charge is -2.14. The van der Waals surface area contributed by atoms with Gasteiger partial charge in [0.05, 0.1) is 5.57 Å². The molecule has 0 spiro atoms. The molecule has 0 aliphatic carbocycles. The minimum Gasteiger partial charge on any atom is -0.409 e. The van der Waals surface area contributed by atoms with Crippen LogP contribution in [0, 0.1) is 18.3 Å². The van der Waals surface area contributed by atoms with Crippen molar-refractivity contribution in [1.29, 1.82) is 5.26 Å². The van der Waals surface area contributed by atoms with Crippen LogP contribution < -0.4 is 0 Å². The molecule has 0 atom stereocenters. The third-order valence-electron chi connectivity index (χ3n) is 3.29. The fourth-order valence-electron chi connectivity index (χ4n) is 2.22. The Morgan fingerprint density at radius 2 is 2.05 bits per heavy atom. The predicted molar refractivity (Wildman–Crippen MR) is 80.5 cm³/mol. The Balaban J connectivity index is 2.17. The first kappa shape index (κ1) is 12.9. The number of allylic oxidation sites excluding steroid dienone is 3. The maximum absolute atomic E-state index is 9.49. The van der Waals surface area contributed by atoms with Crippen LogP contribution in [-0.2, 0) is 0 Å². The standard InChI is InChI=1S/C16H12N4O/c1-11-5-7-12(8-6-11)13(10-17)15-16(19-21)20-9-3-2-4-14(20)18-15/h2-9,21H,1H3/b15-13-,19-16+. The van der Waals surface area contributed by atoms with Crippen molar-refractivity contribution in [2.24, 2.45) is 10.1 Å². The van der Waals surface area contributed by atoms with Gasteiger partial charge in [0, 0.05) is 6.20 Å². The molecule has 5 nitrogen and oxygen atoms in total. The second kappa shape index (κ2) is 5.10. The molecule has 1 aromatic rings. The van der Waals surface area contributed by atoms with E-state index in [2.05, 4.69) is 16.2 Å². The van der Waals surface area contributed by atoms with Crippen molar-refractivity contribution in [2.45, 2.75) is 6.92 Å². The molecule has 2 heterocycles. The van der Waals surface area contributed by atoms with E-state index in [1.165, 1.54) is 0 Å². The number of hydrogen-bond acceptors (Lipinski definition) is 4. The maximum atomic E-state index is 9.49. The van der Waals surface area contributed by atoms with Crippen molar-refractivity contribution in [2.75, 3.05) is 0 Å². The zero-order valence-corrected chi connectivity index (χ0v) is 11.4. The van der Waals surface area contributed by atoms with E-state index in [9.17, 15) is 10.5 Å². The van der Waals surface area contributed by atoms with Crippen LogP contribution in [0.3, 0.4) is 0 Å². The Hall–Kier alpha value is -3.13. The number of aryl methyl sites for hydroxylation is 1. The molecule has 0 bridgehead atoms. The van der Waals surface area contributed by atoms with Crippen LogP contribution in [-0.4, -0.2) is 21.8 Å². The van der Waals surface area contributed by atoms with Crippen LogP contribution in [0.4, 0.5) is 0 Å².